The Morgan fingerprint density at radius 1 is 1.54 bits per heavy atom. The highest BCUT2D eigenvalue weighted by Crippen LogP contribution is 2.23. The summed E-state index contributed by atoms with van der Waals surface area (Å²) in [4.78, 5) is 0. The molecule has 1 heterocycles. The Morgan fingerprint density at radius 3 is 2.38 bits per heavy atom. The van der Waals surface area contributed by atoms with Gasteiger partial charge >= 0.3 is 0 Å². The highest BCUT2D eigenvalue weighted by Gasteiger charge is 2.16. The van der Waals surface area contributed by atoms with Gasteiger partial charge in [-0.25, -0.2) is 0 Å². The molecule has 0 aliphatic carbocycles. The first-order valence-corrected chi connectivity index (χ1v) is 4.36. The van der Waals surface area contributed by atoms with Crippen molar-refractivity contribution >= 4 is 0 Å². The average molecular weight is 179 g/mol. The Bertz CT molecular complexity index is 336. The molecule has 3 heteroatoms. The minimum absolute atomic E-state index is 0.0892. The van der Waals surface area contributed by atoms with Crippen molar-refractivity contribution in [1.82, 2.24) is 9.78 Å². The zero-order chi connectivity index (χ0) is 10.2. The summed E-state index contributed by atoms with van der Waals surface area (Å²) in [5.74, 6) is 0. The highest BCUT2D eigenvalue weighted by atomic mass is 15.3. The van der Waals surface area contributed by atoms with Crippen molar-refractivity contribution in [3.63, 3.8) is 0 Å². The van der Waals surface area contributed by atoms with E-state index in [2.05, 4.69) is 11.7 Å². The summed E-state index contributed by atoms with van der Waals surface area (Å²) < 4.78 is 1.85. The maximum absolute atomic E-state index is 6.00. The molecule has 3 nitrogen and oxygen atoms in total. The van der Waals surface area contributed by atoms with Crippen molar-refractivity contribution in [2.75, 3.05) is 0 Å². The second kappa shape index (κ2) is 3.34. The molecule has 0 aliphatic heterocycles. The largest absolute Gasteiger partial charge is 0.320 e. The van der Waals surface area contributed by atoms with Gasteiger partial charge in [0.2, 0.25) is 0 Å². The summed E-state index contributed by atoms with van der Waals surface area (Å²) in [6, 6.07) is -0.0892. The maximum Gasteiger partial charge on any atom is 0.0647 e. The number of nitrogens with zero attached hydrogens (tertiary/aromatic N) is 2. The molecular weight excluding hydrogens is 162 g/mol. The first kappa shape index (κ1) is 9.99. The number of aromatic nitrogens is 2. The predicted octanol–water partition coefficient (Wildman–Crippen LogP) is 1.61. The van der Waals surface area contributed by atoms with Crippen molar-refractivity contribution in [1.29, 1.82) is 0 Å². The third kappa shape index (κ3) is 1.65. The molecule has 2 N–H and O–H groups in total. The molecule has 1 aromatic heterocycles. The molecule has 1 atom stereocenters. The molecule has 0 fully saturated rings. The standard InChI is InChI=1S/C10H17N3/c1-6(2)10(11)9-7(3)12-13(5)8(9)4/h10H,1,11H2,2-5H3. The van der Waals surface area contributed by atoms with E-state index < -0.39 is 0 Å². The minimum Gasteiger partial charge on any atom is -0.320 e. The van der Waals surface area contributed by atoms with Crippen LogP contribution in [0.5, 0.6) is 0 Å². The van der Waals surface area contributed by atoms with E-state index in [1.54, 1.807) is 0 Å². The topological polar surface area (TPSA) is 43.8 Å². The predicted molar refractivity (Wildman–Crippen MR) is 54.4 cm³/mol. The van der Waals surface area contributed by atoms with Gasteiger partial charge in [0, 0.05) is 18.3 Å². The van der Waals surface area contributed by atoms with E-state index in [0.29, 0.717) is 0 Å². The van der Waals surface area contributed by atoms with E-state index in [0.717, 1.165) is 22.5 Å². The van der Waals surface area contributed by atoms with Gasteiger partial charge in [0.15, 0.2) is 0 Å². The van der Waals surface area contributed by atoms with E-state index >= 15 is 0 Å². The average Bonchev–Trinajstić information content (AvgIpc) is 2.26. The number of hydrogen-bond donors (Lipinski definition) is 1. The van der Waals surface area contributed by atoms with E-state index in [1.165, 1.54) is 0 Å². The molecule has 0 aliphatic rings. The summed E-state index contributed by atoms with van der Waals surface area (Å²) in [5.41, 5.74) is 10.2. The molecule has 0 aromatic carbocycles. The van der Waals surface area contributed by atoms with E-state index in [9.17, 15) is 0 Å². The number of rotatable bonds is 2. The lowest BCUT2D eigenvalue weighted by Crippen LogP contribution is -2.13. The Morgan fingerprint density at radius 2 is 2.08 bits per heavy atom. The van der Waals surface area contributed by atoms with Gasteiger partial charge in [-0.2, -0.15) is 5.10 Å². The van der Waals surface area contributed by atoms with Crippen LogP contribution in [0.1, 0.15) is 29.9 Å². The summed E-state index contributed by atoms with van der Waals surface area (Å²) in [5, 5.41) is 4.31. The molecule has 0 saturated carbocycles. The van der Waals surface area contributed by atoms with Crippen LogP contribution in [0.25, 0.3) is 0 Å². The minimum atomic E-state index is -0.0892. The monoisotopic (exact) mass is 179 g/mol. The van der Waals surface area contributed by atoms with Crippen LogP contribution in [-0.2, 0) is 7.05 Å². The van der Waals surface area contributed by atoms with E-state index in [4.69, 9.17) is 5.73 Å². The van der Waals surface area contributed by atoms with Crippen molar-refractivity contribution in [2.45, 2.75) is 26.8 Å². The quantitative estimate of drug-likeness (QED) is 0.701. The van der Waals surface area contributed by atoms with Gasteiger partial charge in [0.25, 0.3) is 0 Å². The summed E-state index contributed by atoms with van der Waals surface area (Å²) in [6.45, 7) is 9.81. The van der Waals surface area contributed by atoms with Crippen LogP contribution in [-0.4, -0.2) is 9.78 Å². The maximum atomic E-state index is 6.00. The van der Waals surface area contributed by atoms with Gasteiger partial charge in [-0.05, 0) is 20.8 Å². The van der Waals surface area contributed by atoms with Crippen molar-refractivity contribution in [3.05, 3.63) is 29.1 Å². The van der Waals surface area contributed by atoms with Gasteiger partial charge in [-0.3, -0.25) is 4.68 Å². The third-order valence-electron chi connectivity index (χ3n) is 2.41. The lowest BCUT2D eigenvalue weighted by atomic mass is 10.0. The summed E-state index contributed by atoms with van der Waals surface area (Å²) in [7, 11) is 1.93. The van der Waals surface area contributed by atoms with Gasteiger partial charge in [0.05, 0.1) is 11.7 Å². The van der Waals surface area contributed by atoms with Crippen molar-refractivity contribution in [3.8, 4) is 0 Å². The van der Waals surface area contributed by atoms with Crippen LogP contribution in [0.15, 0.2) is 12.2 Å². The molecule has 0 spiro atoms. The zero-order valence-electron chi connectivity index (χ0n) is 8.76. The van der Waals surface area contributed by atoms with Crippen LogP contribution < -0.4 is 5.73 Å². The lowest BCUT2D eigenvalue weighted by Gasteiger charge is -2.11. The SMILES string of the molecule is C=C(C)C(N)c1c(C)nn(C)c1C. The normalized spacial score (nSPS) is 13.0. The molecule has 72 valence electrons. The molecule has 1 aromatic rings. The van der Waals surface area contributed by atoms with Crippen LogP contribution in [0.2, 0.25) is 0 Å². The van der Waals surface area contributed by atoms with Gasteiger partial charge < -0.3 is 5.73 Å². The van der Waals surface area contributed by atoms with Crippen molar-refractivity contribution in [2.24, 2.45) is 12.8 Å². The van der Waals surface area contributed by atoms with E-state index in [-0.39, 0.29) is 6.04 Å². The van der Waals surface area contributed by atoms with Crippen LogP contribution in [0.4, 0.5) is 0 Å². The van der Waals surface area contributed by atoms with Crippen LogP contribution in [0.3, 0.4) is 0 Å². The fraction of sp³-hybridized carbons (Fsp3) is 0.500. The Kier molecular flexibility index (Phi) is 2.57. The Labute approximate surface area is 79.2 Å². The molecule has 0 radical (unpaired) electrons. The smallest absolute Gasteiger partial charge is 0.0647 e. The molecule has 0 saturated heterocycles. The molecule has 1 unspecified atom stereocenters. The highest BCUT2D eigenvalue weighted by molar-refractivity contribution is 5.32. The van der Waals surface area contributed by atoms with Gasteiger partial charge in [-0.15, -0.1) is 0 Å². The van der Waals surface area contributed by atoms with Crippen molar-refractivity contribution < 1.29 is 0 Å². The second-order valence-electron chi connectivity index (χ2n) is 3.53. The summed E-state index contributed by atoms with van der Waals surface area (Å²) >= 11 is 0. The molecule has 0 amide bonds. The van der Waals surface area contributed by atoms with Gasteiger partial charge in [0.1, 0.15) is 0 Å². The fourth-order valence-electron chi connectivity index (χ4n) is 1.49. The number of nitrogens with two attached hydrogens (primary N) is 1. The van der Waals surface area contributed by atoms with Crippen LogP contribution in [0, 0.1) is 13.8 Å². The lowest BCUT2D eigenvalue weighted by molar-refractivity contribution is 0.727. The zero-order valence-corrected chi connectivity index (χ0v) is 8.76. The Balaban J connectivity index is 3.20. The van der Waals surface area contributed by atoms with Gasteiger partial charge in [-0.1, -0.05) is 12.2 Å². The van der Waals surface area contributed by atoms with E-state index in [1.807, 2.05) is 32.5 Å². The number of aryl methyl sites for hydroxylation is 2. The molecule has 0 bridgehead atoms. The molecule has 1 rings (SSSR count). The molecular formula is C10H17N3. The molecule has 13 heavy (non-hydrogen) atoms. The number of hydrogen-bond acceptors (Lipinski definition) is 2. The van der Waals surface area contributed by atoms with Crippen LogP contribution >= 0.6 is 0 Å². The summed E-state index contributed by atoms with van der Waals surface area (Å²) in [6.07, 6.45) is 0. The Hall–Kier alpha value is -1.09. The first-order chi connectivity index (χ1) is 5.95. The first-order valence-electron chi connectivity index (χ1n) is 4.36. The fourth-order valence-corrected chi connectivity index (χ4v) is 1.49. The second-order valence-corrected chi connectivity index (χ2v) is 3.53. The third-order valence-corrected chi connectivity index (χ3v) is 2.41.